The van der Waals surface area contributed by atoms with Crippen molar-refractivity contribution in [2.24, 2.45) is 17.6 Å². The van der Waals surface area contributed by atoms with Crippen LogP contribution in [0.5, 0.6) is 0 Å². The molecule has 1 aromatic rings. The van der Waals surface area contributed by atoms with E-state index in [0.717, 1.165) is 0 Å². The van der Waals surface area contributed by atoms with Crippen LogP contribution in [0.3, 0.4) is 0 Å². The third-order valence-electron chi connectivity index (χ3n) is 6.00. The number of hydrogen-bond donors (Lipinski definition) is 5. The Bertz CT molecular complexity index is 997. The van der Waals surface area contributed by atoms with Gasteiger partial charge in [-0.05, 0) is 37.9 Å². The van der Waals surface area contributed by atoms with Crippen LogP contribution in [-0.2, 0) is 16.0 Å². The maximum Gasteiger partial charge on any atom is 0.255 e. The quantitative estimate of drug-likeness (QED) is 0.424. The number of pyridine rings is 1. The number of allylic oxidation sites excluding steroid dienone is 1. The zero-order valence-electron chi connectivity index (χ0n) is 15.0. The van der Waals surface area contributed by atoms with Crippen molar-refractivity contribution in [3.05, 3.63) is 52.3 Å². The minimum atomic E-state index is -2.54. The summed E-state index contributed by atoms with van der Waals surface area (Å²) >= 11 is 0. The zero-order chi connectivity index (χ0) is 20.4. The molecule has 1 aromatic heterocycles. The van der Waals surface area contributed by atoms with E-state index in [1.54, 1.807) is 18.3 Å². The van der Waals surface area contributed by atoms with Crippen LogP contribution in [0.25, 0.3) is 0 Å². The third kappa shape index (κ3) is 2.14. The molecular weight excluding hydrogens is 366 g/mol. The van der Waals surface area contributed by atoms with E-state index in [1.165, 1.54) is 7.05 Å². The summed E-state index contributed by atoms with van der Waals surface area (Å²) in [6.07, 6.45) is 2.02. The lowest BCUT2D eigenvalue weighted by Crippen LogP contribution is -2.63. The topological polar surface area (TPSA) is 163 Å². The summed E-state index contributed by atoms with van der Waals surface area (Å²) in [5.74, 6) is -5.80. The summed E-state index contributed by atoms with van der Waals surface area (Å²) in [5.41, 5.74) is 2.71. The van der Waals surface area contributed by atoms with E-state index in [9.17, 15) is 29.7 Å². The number of aliphatic hydroxyl groups excluding tert-OH is 2. The van der Waals surface area contributed by atoms with E-state index < -0.39 is 58.0 Å². The Kier molecular flexibility index (Phi) is 3.91. The second-order valence-electron chi connectivity index (χ2n) is 7.32. The van der Waals surface area contributed by atoms with Crippen molar-refractivity contribution in [2.75, 3.05) is 7.05 Å². The molecule has 0 saturated heterocycles. The number of ketones is 2. The van der Waals surface area contributed by atoms with Crippen molar-refractivity contribution >= 4 is 17.5 Å². The average Bonchev–Trinajstić information content (AvgIpc) is 2.65. The number of primary amides is 1. The Morgan fingerprint density at radius 1 is 1.36 bits per heavy atom. The molecule has 3 aliphatic carbocycles. The van der Waals surface area contributed by atoms with Crippen molar-refractivity contribution < 1.29 is 29.7 Å². The minimum absolute atomic E-state index is 0.0623. The largest absolute Gasteiger partial charge is 0.510 e. The standard InChI is InChI=1S/C19H19N3O6/c1-21-13-9-5-7-6-10-8(3-2-4-22-10)14(23)11(7)16(25)19(9,28)17(26)12(15(13)24)18(20)27/h2-4,7,9,13,21,24-25,28H,5-6H2,1H3,(H2,20,27)/t7?,9?,13-,19-/m0/s1. The van der Waals surface area contributed by atoms with Crippen LogP contribution >= 0.6 is 0 Å². The third-order valence-corrected chi connectivity index (χ3v) is 6.00. The predicted molar refractivity (Wildman–Crippen MR) is 95.2 cm³/mol. The van der Waals surface area contributed by atoms with Gasteiger partial charge in [-0.25, -0.2) is 0 Å². The molecule has 0 fully saturated rings. The molecule has 1 heterocycles. The molecule has 0 spiro atoms. The first kappa shape index (κ1) is 18.3. The molecule has 6 N–H and O–H groups in total. The number of fused-ring (bicyclic) bond motifs is 3. The molecule has 4 atom stereocenters. The second kappa shape index (κ2) is 5.98. The Balaban J connectivity index is 1.94. The van der Waals surface area contributed by atoms with Crippen LogP contribution in [0.15, 0.2) is 41.0 Å². The SMILES string of the molecule is CN[C@@H]1C(O)=C(C(N)=O)C(=O)[C@@]2(O)C(O)=C3C(=O)c4cccnc4CC3CC12. The molecule has 2 unspecified atom stereocenters. The van der Waals surface area contributed by atoms with E-state index in [-0.39, 0.29) is 12.0 Å². The van der Waals surface area contributed by atoms with Crippen molar-refractivity contribution in [1.82, 2.24) is 10.3 Å². The highest BCUT2D eigenvalue weighted by Gasteiger charge is 2.62. The van der Waals surface area contributed by atoms with Gasteiger partial charge in [-0.2, -0.15) is 0 Å². The minimum Gasteiger partial charge on any atom is -0.510 e. The van der Waals surface area contributed by atoms with Gasteiger partial charge in [0.15, 0.2) is 11.4 Å². The van der Waals surface area contributed by atoms with Gasteiger partial charge in [0.25, 0.3) is 5.91 Å². The Hall–Kier alpha value is -3.04. The van der Waals surface area contributed by atoms with Crippen LogP contribution in [-0.4, -0.2) is 56.5 Å². The summed E-state index contributed by atoms with van der Waals surface area (Å²) < 4.78 is 0. The number of carbonyl (C=O) groups excluding carboxylic acids is 3. The van der Waals surface area contributed by atoms with Gasteiger partial charge in [0.1, 0.15) is 17.1 Å². The van der Waals surface area contributed by atoms with E-state index >= 15 is 0 Å². The molecule has 3 aliphatic rings. The predicted octanol–water partition coefficient (Wildman–Crippen LogP) is -0.532. The number of aliphatic hydroxyl groups is 3. The molecule has 0 aromatic carbocycles. The smallest absolute Gasteiger partial charge is 0.255 e. The number of nitrogens with two attached hydrogens (primary N) is 1. The molecule has 4 rings (SSSR count). The highest BCUT2D eigenvalue weighted by atomic mass is 16.3. The molecule has 1 amide bonds. The first-order valence-corrected chi connectivity index (χ1v) is 8.83. The molecule has 0 aliphatic heterocycles. The summed E-state index contributed by atoms with van der Waals surface area (Å²) in [7, 11) is 1.48. The number of hydrogen-bond acceptors (Lipinski definition) is 8. The highest BCUT2D eigenvalue weighted by molar-refractivity contribution is 6.24. The molecule has 9 nitrogen and oxygen atoms in total. The summed E-state index contributed by atoms with van der Waals surface area (Å²) in [5, 5.41) is 35.4. The van der Waals surface area contributed by atoms with Crippen LogP contribution in [0.4, 0.5) is 0 Å². The number of nitrogens with one attached hydrogen (secondary N) is 1. The summed E-state index contributed by atoms with van der Waals surface area (Å²) in [6.45, 7) is 0. The van der Waals surface area contributed by atoms with Gasteiger partial charge in [0.05, 0.1) is 11.7 Å². The molecule has 0 saturated carbocycles. The van der Waals surface area contributed by atoms with E-state index in [1.807, 2.05) is 0 Å². The van der Waals surface area contributed by atoms with Gasteiger partial charge in [-0.1, -0.05) is 0 Å². The highest BCUT2D eigenvalue weighted by Crippen LogP contribution is 2.50. The van der Waals surface area contributed by atoms with Crippen molar-refractivity contribution in [3.8, 4) is 0 Å². The summed E-state index contributed by atoms with van der Waals surface area (Å²) in [4.78, 5) is 41.8. The van der Waals surface area contributed by atoms with Crippen LogP contribution in [0, 0.1) is 11.8 Å². The monoisotopic (exact) mass is 385 g/mol. The lowest BCUT2D eigenvalue weighted by molar-refractivity contribution is -0.146. The van der Waals surface area contributed by atoms with Gasteiger partial charge < -0.3 is 26.4 Å². The van der Waals surface area contributed by atoms with E-state index in [0.29, 0.717) is 17.7 Å². The van der Waals surface area contributed by atoms with Gasteiger partial charge in [-0.15, -0.1) is 0 Å². The average molecular weight is 385 g/mol. The number of likely N-dealkylation sites (N-methyl/N-ethyl adjacent to an activating group) is 1. The Morgan fingerprint density at radius 3 is 2.71 bits per heavy atom. The van der Waals surface area contributed by atoms with Crippen molar-refractivity contribution in [2.45, 2.75) is 24.5 Å². The summed E-state index contributed by atoms with van der Waals surface area (Å²) in [6, 6.07) is 2.15. The Morgan fingerprint density at radius 2 is 2.07 bits per heavy atom. The fourth-order valence-corrected chi connectivity index (χ4v) is 4.72. The fraction of sp³-hybridized carbons (Fsp3) is 0.368. The maximum absolute atomic E-state index is 13.0. The fourth-order valence-electron chi connectivity index (χ4n) is 4.72. The molecule has 0 bridgehead atoms. The molecular formula is C19H19N3O6. The normalized spacial score (nSPS) is 32.0. The second-order valence-corrected chi connectivity index (χ2v) is 7.32. The van der Waals surface area contributed by atoms with Crippen molar-refractivity contribution in [3.63, 3.8) is 0 Å². The van der Waals surface area contributed by atoms with Gasteiger partial charge in [0.2, 0.25) is 5.78 Å². The number of Topliss-reactive ketones (excluding diaryl/α,β-unsaturated/α-hetero) is 2. The van der Waals surface area contributed by atoms with Crippen molar-refractivity contribution in [1.29, 1.82) is 0 Å². The zero-order valence-corrected chi connectivity index (χ0v) is 15.0. The van der Waals surface area contributed by atoms with Crippen LogP contribution in [0.1, 0.15) is 22.5 Å². The molecule has 0 radical (unpaired) electrons. The van der Waals surface area contributed by atoms with E-state index in [4.69, 9.17) is 5.73 Å². The molecule has 9 heteroatoms. The Labute approximate surface area is 159 Å². The van der Waals surface area contributed by atoms with Gasteiger partial charge in [-0.3, -0.25) is 19.4 Å². The van der Waals surface area contributed by atoms with Crippen LogP contribution in [0.2, 0.25) is 0 Å². The first-order valence-electron chi connectivity index (χ1n) is 8.83. The van der Waals surface area contributed by atoms with Gasteiger partial charge in [0, 0.05) is 23.3 Å². The number of rotatable bonds is 2. The van der Waals surface area contributed by atoms with Crippen LogP contribution < -0.4 is 11.1 Å². The lowest BCUT2D eigenvalue weighted by atomic mass is 9.59. The first-order chi connectivity index (χ1) is 13.2. The van der Waals surface area contributed by atoms with Gasteiger partial charge >= 0.3 is 0 Å². The molecule has 146 valence electrons. The lowest BCUT2D eigenvalue weighted by Gasteiger charge is -2.48. The number of aromatic nitrogens is 1. The number of amides is 1. The maximum atomic E-state index is 13.0. The number of carbonyl (C=O) groups is 3. The van der Waals surface area contributed by atoms with E-state index in [2.05, 4.69) is 10.3 Å². The molecule has 28 heavy (non-hydrogen) atoms. The number of nitrogens with zero attached hydrogens (tertiary/aromatic N) is 1.